The molecule has 2 rings (SSSR count). The van der Waals surface area contributed by atoms with E-state index in [2.05, 4.69) is 63.2 Å². The molecular formula is C16H17Br2ClN2. The number of anilines is 1. The summed E-state index contributed by atoms with van der Waals surface area (Å²) in [4.78, 5) is 0. The fraction of sp³-hybridized carbons (Fsp3) is 0.250. The second-order valence-electron chi connectivity index (χ2n) is 5.02. The summed E-state index contributed by atoms with van der Waals surface area (Å²) in [6.07, 6.45) is 0. The van der Waals surface area contributed by atoms with Crippen molar-refractivity contribution in [3.05, 3.63) is 61.0 Å². The summed E-state index contributed by atoms with van der Waals surface area (Å²) >= 11 is 13.4. The van der Waals surface area contributed by atoms with Gasteiger partial charge in [0.25, 0.3) is 0 Å². The lowest BCUT2D eigenvalue weighted by Crippen LogP contribution is -2.21. The monoisotopic (exact) mass is 430 g/mol. The highest BCUT2D eigenvalue weighted by Crippen LogP contribution is 2.31. The van der Waals surface area contributed by atoms with Gasteiger partial charge in [0.05, 0.1) is 6.04 Å². The van der Waals surface area contributed by atoms with Crippen molar-refractivity contribution in [3.63, 3.8) is 0 Å². The van der Waals surface area contributed by atoms with E-state index in [9.17, 15) is 0 Å². The third kappa shape index (κ3) is 4.01. The van der Waals surface area contributed by atoms with Crippen molar-refractivity contribution in [1.82, 2.24) is 0 Å². The minimum atomic E-state index is -0.0324. The second kappa shape index (κ2) is 7.14. The normalized spacial score (nSPS) is 12.3. The van der Waals surface area contributed by atoms with Crippen LogP contribution in [0.4, 0.5) is 5.69 Å². The van der Waals surface area contributed by atoms with Gasteiger partial charge in [0.2, 0.25) is 0 Å². The van der Waals surface area contributed by atoms with Gasteiger partial charge in [-0.2, -0.15) is 0 Å². The first-order valence-electron chi connectivity index (χ1n) is 6.60. The largest absolute Gasteiger partial charge is 0.377 e. The van der Waals surface area contributed by atoms with E-state index in [-0.39, 0.29) is 6.04 Å². The zero-order valence-electron chi connectivity index (χ0n) is 11.9. The molecule has 21 heavy (non-hydrogen) atoms. The SMILES string of the molecule is Cc1cc(NC(CN)c2cc(Br)ccc2Cl)cc(C)c1Br. The predicted octanol–water partition coefficient (Wildman–Crippen LogP) is 5.59. The molecule has 112 valence electrons. The van der Waals surface area contributed by atoms with Crippen LogP contribution in [0.2, 0.25) is 5.02 Å². The summed E-state index contributed by atoms with van der Waals surface area (Å²) in [7, 11) is 0. The van der Waals surface area contributed by atoms with Crippen molar-refractivity contribution in [2.45, 2.75) is 19.9 Å². The maximum absolute atomic E-state index is 6.30. The number of nitrogens with two attached hydrogens (primary N) is 1. The van der Waals surface area contributed by atoms with E-state index in [0.29, 0.717) is 11.6 Å². The molecule has 0 aliphatic heterocycles. The van der Waals surface area contributed by atoms with Gasteiger partial charge in [-0.1, -0.05) is 43.5 Å². The highest BCUT2D eigenvalue weighted by Gasteiger charge is 2.14. The summed E-state index contributed by atoms with van der Waals surface area (Å²) in [5.41, 5.74) is 10.3. The van der Waals surface area contributed by atoms with E-state index in [1.54, 1.807) is 0 Å². The van der Waals surface area contributed by atoms with Crippen LogP contribution in [0.15, 0.2) is 39.3 Å². The number of halogens is 3. The molecule has 0 amide bonds. The Kier molecular flexibility index (Phi) is 5.72. The Hall–Kier alpha value is -0.550. The van der Waals surface area contributed by atoms with Gasteiger partial charge in [-0.3, -0.25) is 0 Å². The molecule has 0 saturated heterocycles. The quantitative estimate of drug-likeness (QED) is 0.661. The molecule has 1 unspecified atom stereocenters. The summed E-state index contributed by atoms with van der Waals surface area (Å²) in [5, 5.41) is 4.19. The van der Waals surface area contributed by atoms with Crippen LogP contribution in [0, 0.1) is 13.8 Å². The maximum Gasteiger partial charge on any atom is 0.0651 e. The zero-order chi connectivity index (χ0) is 15.6. The van der Waals surface area contributed by atoms with E-state index in [1.807, 2.05) is 18.2 Å². The molecule has 0 radical (unpaired) electrons. The average Bonchev–Trinajstić information content (AvgIpc) is 2.45. The van der Waals surface area contributed by atoms with Gasteiger partial charge in [0, 0.05) is 26.2 Å². The number of benzene rings is 2. The fourth-order valence-electron chi connectivity index (χ4n) is 2.28. The van der Waals surface area contributed by atoms with E-state index in [0.717, 1.165) is 20.2 Å². The highest BCUT2D eigenvalue weighted by molar-refractivity contribution is 9.10. The first-order chi connectivity index (χ1) is 9.92. The zero-order valence-corrected chi connectivity index (χ0v) is 15.8. The molecule has 0 heterocycles. The predicted molar refractivity (Wildman–Crippen MR) is 98.2 cm³/mol. The number of rotatable bonds is 4. The minimum Gasteiger partial charge on any atom is -0.377 e. The van der Waals surface area contributed by atoms with Crippen LogP contribution in [-0.2, 0) is 0 Å². The number of aryl methyl sites for hydroxylation is 2. The highest BCUT2D eigenvalue weighted by atomic mass is 79.9. The van der Waals surface area contributed by atoms with Gasteiger partial charge in [-0.15, -0.1) is 0 Å². The Morgan fingerprint density at radius 2 is 1.76 bits per heavy atom. The number of nitrogens with one attached hydrogen (secondary N) is 1. The Labute approximate surface area is 147 Å². The first-order valence-corrected chi connectivity index (χ1v) is 8.57. The molecule has 0 spiro atoms. The van der Waals surface area contributed by atoms with Crippen LogP contribution in [-0.4, -0.2) is 6.54 Å². The standard InChI is InChI=1S/C16H17Br2ClN2/c1-9-5-12(6-10(2)16(9)18)21-15(8-20)13-7-11(17)3-4-14(13)19/h3-7,15,21H,8,20H2,1-2H3. The summed E-state index contributed by atoms with van der Waals surface area (Å²) in [5.74, 6) is 0. The van der Waals surface area contributed by atoms with Gasteiger partial charge in [-0.05, 0) is 60.9 Å². The van der Waals surface area contributed by atoms with E-state index < -0.39 is 0 Å². The fourth-order valence-corrected chi connectivity index (χ4v) is 3.13. The van der Waals surface area contributed by atoms with Crippen LogP contribution in [0.1, 0.15) is 22.7 Å². The Balaban J connectivity index is 2.33. The Morgan fingerprint density at radius 1 is 1.14 bits per heavy atom. The van der Waals surface area contributed by atoms with Crippen molar-refractivity contribution in [2.24, 2.45) is 5.73 Å². The molecule has 0 saturated carbocycles. The van der Waals surface area contributed by atoms with Crippen LogP contribution < -0.4 is 11.1 Å². The van der Waals surface area contributed by atoms with Gasteiger partial charge in [0.15, 0.2) is 0 Å². The molecular weight excluding hydrogens is 415 g/mol. The van der Waals surface area contributed by atoms with Crippen molar-refractivity contribution in [2.75, 3.05) is 11.9 Å². The van der Waals surface area contributed by atoms with Gasteiger partial charge >= 0.3 is 0 Å². The third-order valence-corrected chi connectivity index (χ3v) is 5.43. The Morgan fingerprint density at radius 3 is 2.33 bits per heavy atom. The lowest BCUT2D eigenvalue weighted by atomic mass is 10.1. The summed E-state index contributed by atoms with van der Waals surface area (Å²) in [6.45, 7) is 4.61. The smallest absolute Gasteiger partial charge is 0.0651 e. The summed E-state index contributed by atoms with van der Waals surface area (Å²) < 4.78 is 2.13. The van der Waals surface area contributed by atoms with Crippen molar-refractivity contribution in [1.29, 1.82) is 0 Å². The molecule has 2 aromatic carbocycles. The van der Waals surface area contributed by atoms with Gasteiger partial charge in [0.1, 0.15) is 0 Å². The molecule has 0 aliphatic rings. The lowest BCUT2D eigenvalue weighted by Gasteiger charge is -2.21. The lowest BCUT2D eigenvalue weighted by molar-refractivity contribution is 0.789. The molecule has 5 heteroatoms. The van der Waals surface area contributed by atoms with Crippen LogP contribution in [0.25, 0.3) is 0 Å². The van der Waals surface area contributed by atoms with Crippen LogP contribution in [0.5, 0.6) is 0 Å². The second-order valence-corrected chi connectivity index (χ2v) is 7.14. The molecule has 1 atom stereocenters. The number of hydrogen-bond acceptors (Lipinski definition) is 2. The van der Waals surface area contributed by atoms with Crippen LogP contribution >= 0.6 is 43.5 Å². The van der Waals surface area contributed by atoms with E-state index >= 15 is 0 Å². The number of hydrogen-bond donors (Lipinski definition) is 2. The molecule has 3 N–H and O–H groups in total. The van der Waals surface area contributed by atoms with E-state index in [4.69, 9.17) is 17.3 Å². The maximum atomic E-state index is 6.30. The van der Waals surface area contributed by atoms with E-state index in [1.165, 1.54) is 11.1 Å². The molecule has 0 fully saturated rings. The minimum absolute atomic E-state index is 0.0324. The Bertz CT molecular complexity index is 636. The molecule has 0 aliphatic carbocycles. The summed E-state index contributed by atoms with van der Waals surface area (Å²) in [6, 6.07) is 9.98. The van der Waals surface area contributed by atoms with Crippen molar-refractivity contribution < 1.29 is 0 Å². The first kappa shape index (κ1) is 16.8. The van der Waals surface area contributed by atoms with Gasteiger partial charge < -0.3 is 11.1 Å². The molecule has 0 bridgehead atoms. The van der Waals surface area contributed by atoms with Crippen LogP contribution in [0.3, 0.4) is 0 Å². The molecule has 2 aromatic rings. The third-order valence-electron chi connectivity index (χ3n) is 3.35. The van der Waals surface area contributed by atoms with Crippen molar-refractivity contribution in [3.8, 4) is 0 Å². The van der Waals surface area contributed by atoms with Gasteiger partial charge in [-0.25, -0.2) is 0 Å². The topological polar surface area (TPSA) is 38.0 Å². The average molecular weight is 433 g/mol. The molecule has 2 nitrogen and oxygen atoms in total. The van der Waals surface area contributed by atoms with Crippen molar-refractivity contribution >= 4 is 49.1 Å². The molecule has 0 aromatic heterocycles.